The zero-order chi connectivity index (χ0) is 26.0. The molecule has 0 aromatic carbocycles. The molecule has 12 heteroatoms. The van der Waals surface area contributed by atoms with Crippen molar-refractivity contribution < 1.29 is 59.5 Å². The van der Waals surface area contributed by atoms with Crippen LogP contribution in [0.4, 0.5) is 0 Å². The molecule has 0 saturated carbocycles. The summed E-state index contributed by atoms with van der Waals surface area (Å²) in [5.41, 5.74) is 0. The molecular formula is C23H42O12. The zero-order valence-corrected chi connectivity index (χ0v) is 20.3. The molecule has 2 rings (SSSR count). The van der Waals surface area contributed by atoms with Crippen LogP contribution in [0.3, 0.4) is 0 Å². The second kappa shape index (κ2) is 14.7. The molecule has 2 heterocycles. The van der Waals surface area contributed by atoms with Crippen molar-refractivity contribution in [1.82, 2.24) is 0 Å². The van der Waals surface area contributed by atoms with Crippen molar-refractivity contribution in [3.05, 3.63) is 0 Å². The molecule has 2 fully saturated rings. The molecule has 0 aliphatic carbocycles. The number of aliphatic hydroxyl groups is 7. The molecular weight excluding hydrogens is 468 g/mol. The molecule has 0 aromatic heterocycles. The molecule has 7 N–H and O–H groups in total. The Bertz CT molecular complexity index is 619. The van der Waals surface area contributed by atoms with Gasteiger partial charge in [0.25, 0.3) is 0 Å². The molecule has 0 amide bonds. The lowest BCUT2D eigenvalue weighted by atomic mass is 9.99. The first-order chi connectivity index (χ1) is 16.7. The maximum absolute atomic E-state index is 12.3. The summed E-state index contributed by atoms with van der Waals surface area (Å²) in [5, 5.41) is 69.9. The zero-order valence-electron chi connectivity index (χ0n) is 20.3. The predicted molar refractivity (Wildman–Crippen MR) is 120 cm³/mol. The van der Waals surface area contributed by atoms with Gasteiger partial charge >= 0.3 is 5.97 Å². The van der Waals surface area contributed by atoms with E-state index in [2.05, 4.69) is 6.92 Å². The van der Waals surface area contributed by atoms with Crippen LogP contribution in [0.5, 0.6) is 0 Å². The van der Waals surface area contributed by atoms with Gasteiger partial charge in [0.15, 0.2) is 6.29 Å². The van der Waals surface area contributed by atoms with Gasteiger partial charge in [0.1, 0.15) is 49.3 Å². The van der Waals surface area contributed by atoms with Gasteiger partial charge < -0.3 is 54.7 Å². The van der Waals surface area contributed by atoms with Crippen LogP contribution in [0.1, 0.15) is 64.7 Å². The molecule has 0 spiro atoms. The van der Waals surface area contributed by atoms with Crippen LogP contribution < -0.4 is 0 Å². The van der Waals surface area contributed by atoms with Crippen LogP contribution >= 0.6 is 0 Å². The van der Waals surface area contributed by atoms with E-state index in [1.165, 1.54) is 25.7 Å². The summed E-state index contributed by atoms with van der Waals surface area (Å²) in [7, 11) is 0. The minimum Gasteiger partial charge on any atom is -0.460 e. The van der Waals surface area contributed by atoms with E-state index in [9.17, 15) is 40.5 Å². The summed E-state index contributed by atoms with van der Waals surface area (Å²) >= 11 is 0. The molecule has 35 heavy (non-hydrogen) atoms. The van der Waals surface area contributed by atoms with Gasteiger partial charge in [0, 0.05) is 6.42 Å². The summed E-state index contributed by atoms with van der Waals surface area (Å²) in [6, 6.07) is 0. The second-order valence-corrected chi connectivity index (χ2v) is 9.29. The fourth-order valence-electron chi connectivity index (χ4n) is 4.27. The van der Waals surface area contributed by atoms with Gasteiger partial charge in [-0.1, -0.05) is 51.9 Å². The average Bonchev–Trinajstić information content (AvgIpc) is 3.09. The fraction of sp³-hybridized carbons (Fsp3) is 0.957. The first-order valence-electron chi connectivity index (χ1n) is 12.5. The molecule has 0 unspecified atom stereocenters. The quantitative estimate of drug-likeness (QED) is 0.102. The normalized spacial score (nSPS) is 37.5. The van der Waals surface area contributed by atoms with Crippen molar-refractivity contribution in [2.75, 3.05) is 19.8 Å². The van der Waals surface area contributed by atoms with Crippen LogP contribution in [0.25, 0.3) is 0 Å². The lowest BCUT2D eigenvalue weighted by molar-refractivity contribution is -0.383. The van der Waals surface area contributed by atoms with Crippen molar-refractivity contribution >= 4 is 5.97 Å². The lowest BCUT2D eigenvalue weighted by Crippen LogP contribution is -2.62. The van der Waals surface area contributed by atoms with Crippen molar-refractivity contribution in [3.63, 3.8) is 0 Å². The van der Waals surface area contributed by atoms with Gasteiger partial charge in [0.2, 0.25) is 5.79 Å². The van der Waals surface area contributed by atoms with Crippen molar-refractivity contribution in [2.24, 2.45) is 0 Å². The highest BCUT2D eigenvalue weighted by atomic mass is 16.8. The molecule has 0 radical (unpaired) electrons. The van der Waals surface area contributed by atoms with E-state index in [0.29, 0.717) is 6.42 Å². The van der Waals surface area contributed by atoms with Crippen LogP contribution in [0.15, 0.2) is 0 Å². The molecule has 206 valence electrons. The number of esters is 1. The third kappa shape index (κ3) is 8.03. The summed E-state index contributed by atoms with van der Waals surface area (Å²) in [6.45, 7) is 0.0540. The number of rotatable bonds is 15. The Morgan fingerprint density at radius 3 is 1.97 bits per heavy atom. The van der Waals surface area contributed by atoms with Crippen LogP contribution in [-0.2, 0) is 23.7 Å². The molecule has 2 aliphatic heterocycles. The van der Waals surface area contributed by atoms with Gasteiger partial charge in [-0.3, -0.25) is 4.79 Å². The Morgan fingerprint density at radius 1 is 0.800 bits per heavy atom. The van der Waals surface area contributed by atoms with Gasteiger partial charge in [-0.25, -0.2) is 0 Å². The Labute approximate surface area is 205 Å². The highest BCUT2D eigenvalue weighted by Crippen LogP contribution is 2.36. The van der Waals surface area contributed by atoms with E-state index in [4.69, 9.17) is 18.9 Å². The largest absolute Gasteiger partial charge is 0.460 e. The number of carbonyl (C=O) groups is 1. The van der Waals surface area contributed by atoms with E-state index in [1.807, 2.05) is 0 Å². The Morgan fingerprint density at radius 2 is 1.40 bits per heavy atom. The Hall–Kier alpha value is -0.930. The fourth-order valence-corrected chi connectivity index (χ4v) is 4.27. The van der Waals surface area contributed by atoms with E-state index < -0.39 is 80.6 Å². The molecule has 9 atom stereocenters. The van der Waals surface area contributed by atoms with Gasteiger partial charge in [-0.2, -0.15) is 0 Å². The van der Waals surface area contributed by atoms with Crippen LogP contribution in [0, 0.1) is 0 Å². The van der Waals surface area contributed by atoms with E-state index in [-0.39, 0.29) is 6.42 Å². The number of carbonyl (C=O) groups excluding carboxylic acids is 1. The number of hydrogen-bond donors (Lipinski definition) is 7. The summed E-state index contributed by atoms with van der Waals surface area (Å²) in [6.07, 6.45) is -4.49. The van der Waals surface area contributed by atoms with Crippen molar-refractivity contribution in [1.29, 1.82) is 0 Å². The molecule has 2 aliphatic rings. The van der Waals surface area contributed by atoms with Crippen LogP contribution in [-0.4, -0.2) is 116 Å². The number of ether oxygens (including phenoxy) is 4. The maximum Gasteiger partial charge on any atom is 0.305 e. The summed E-state index contributed by atoms with van der Waals surface area (Å²) < 4.78 is 21.6. The SMILES string of the molecule is CCCCCCCCCCC(=O)OC[C@@]1(O[C@H]2O[C@H](CO)[C@@H](O)[C@H](O)[C@H]2O)O[C@H](CO)[C@@H](O)[C@@H]1O. The smallest absolute Gasteiger partial charge is 0.305 e. The highest BCUT2D eigenvalue weighted by Gasteiger charge is 2.59. The van der Waals surface area contributed by atoms with E-state index in [0.717, 1.165) is 19.3 Å². The molecule has 0 bridgehead atoms. The maximum atomic E-state index is 12.3. The van der Waals surface area contributed by atoms with Crippen molar-refractivity contribution in [3.8, 4) is 0 Å². The minimum atomic E-state index is -2.24. The number of hydrogen-bond acceptors (Lipinski definition) is 12. The Balaban J connectivity index is 1.95. The monoisotopic (exact) mass is 510 g/mol. The average molecular weight is 511 g/mol. The number of unbranched alkanes of at least 4 members (excludes halogenated alkanes) is 7. The van der Waals surface area contributed by atoms with Crippen LogP contribution in [0.2, 0.25) is 0 Å². The predicted octanol–water partition coefficient (Wildman–Crippen LogP) is -1.31. The summed E-state index contributed by atoms with van der Waals surface area (Å²) in [5.74, 6) is -2.83. The van der Waals surface area contributed by atoms with E-state index in [1.54, 1.807) is 0 Å². The first kappa shape index (κ1) is 30.3. The molecule has 12 nitrogen and oxygen atoms in total. The Kier molecular flexibility index (Phi) is 12.7. The highest BCUT2D eigenvalue weighted by molar-refractivity contribution is 5.69. The third-order valence-corrected chi connectivity index (χ3v) is 6.52. The second-order valence-electron chi connectivity index (χ2n) is 9.29. The standard InChI is InChI=1S/C23H42O12/c1-2-3-4-5-6-7-8-9-10-16(26)32-13-23(21(31)18(28)15(12-25)34-23)35-22-20(30)19(29)17(27)14(11-24)33-22/h14-15,17-22,24-25,27-31H,2-13H2,1H3/t14-,15-,17-,18-,19+,20-,21+,22-,23+/m1/s1. The first-order valence-corrected chi connectivity index (χ1v) is 12.5. The molecule has 2 saturated heterocycles. The van der Waals surface area contributed by atoms with E-state index >= 15 is 0 Å². The van der Waals surface area contributed by atoms with Gasteiger partial charge in [-0.05, 0) is 6.42 Å². The third-order valence-electron chi connectivity index (χ3n) is 6.52. The molecule has 0 aromatic rings. The lowest BCUT2D eigenvalue weighted by Gasteiger charge is -2.43. The topological polar surface area (TPSA) is 196 Å². The van der Waals surface area contributed by atoms with Gasteiger partial charge in [-0.15, -0.1) is 0 Å². The van der Waals surface area contributed by atoms with Gasteiger partial charge in [0.05, 0.1) is 13.2 Å². The summed E-state index contributed by atoms with van der Waals surface area (Å²) in [4.78, 5) is 12.3. The minimum absolute atomic E-state index is 0.118. The number of aliphatic hydroxyl groups excluding tert-OH is 7. The van der Waals surface area contributed by atoms with Crippen molar-refractivity contribution in [2.45, 2.75) is 120 Å².